The minimum absolute atomic E-state index is 0.0311. The van der Waals surface area contributed by atoms with Crippen molar-refractivity contribution in [1.82, 2.24) is 15.2 Å². The van der Waals surface area contributed by atoms with Gasteiger partial charge in [-0.1, -0.05) is 56.7 Å². The maximum Gasteiger partial charge on any atom is 0.227 e. The van der Waals surface area contributed by atoms with Crippen LogP contribution in [0, 0.1) is 23.2 Å². The van der Waals surface area contributed by atoms with Crippen LogP contribution >= 0.6 is 0 Å². The lowest BCUT2D eigenvalue weighted by Crippen LogP contribution is -2.46. The molecule has 264 valence electrons. The molecule has 2 aromatic carbocycles. The Labute approximate surface area is 294 Å². The summed E-state index contributed by atoms with van der Waals surface area (Å²) < 4.78 is 12.7. The summed E-state index contributed by atoms with van der Waals surface area (Å²) in [5, 5.41) is 3.85. The monoisotopic (exact) mass is 679 g/mol. The second kappa shape index (κ2) is 14.8. The quantitative estimate of drug-likeness (QED) is 0.270. The first-order valence-corrected chi connectivity index (χ1v) is 18.0. The average Bonchev–Trinajstić information content (AvgIpc) is 3.67. The van der Waals surface area contributed by atoms with Crippen LogP contribution in [0.15, 0.2) is 61.2 Å². The van der Waals surface area contributed by atoms with Gasteiger partial charge in [0, 0.05) is 60.2 Å². The number of carbonyl (C=O) groups is 4. The number of nitrogens with one attached hydrogen (secondary N) is 1. The Morgan fingerprint density at radius 1 is 1.14 bits per heavy atom. The predicted octanol–water partition coefficient (Wildman–Crippen LogP) is 6.50. The highest BCUT2D eigenvalue weighted by Gasteiger charge is 2.58. The number of amides is 2. The van der Waals surface area contributed by atoms with Crippen LogP contribution in [0.5, 0.6) is 11.5 Å². The van der Waals surface area contributed by atoms with Crippen LogP contribution < -0.4 is 14.8 Å². The molecule has 1 saturated heterocycles. The summed E-state index contributed by atoms with van der Waals surface area (Å²) >= 11 is 0. The van der Waals surface area contributed by atoms with Crippen molar-refractivity contribution in [3.8, 4) is 22.8 Å². The molecule has 9 nitrogen and oxygen atoms in total. The molecule has 0 unspecified atom stereocenters. The summed E-state index contributed by atoms with van der Waals surface area (Å²) in [5.41, 5.74) is 2.67. The topological polar surface area (TPSA) is 115 Å². The van der Waals surface area contributed by atoms with Crippen molar-refractivity contribution in [2.45, 2.75) is 84.3 Å². The summed E-state index contributed by atoms with van der Waals surface area (Å²) in [4.78, 5) is 61.2. The molecule has 9 heteroatoms. The number of nitrogens with zero attached hydrogens (tertiary/aromatic N) is 2. The fourth-order valence-electron chi connectivity index (χ4n) is 7.86. The Morgan fingerprint density at radius 3 is 2.60 bits per heavy atom. The molecule has 0 radical (unpaired) electrons. The number of ether oxygens (including phenoxy) is 2. The van der Waals surface area contributed by atoms with Crippen LogP contribution in [0.25, 0.3) is 22.2 Å². The van der Waals surface area contributed by atoms with Gasteiger partial charge in [0.05, 0.1) is 30.9 Å². The normalized spacial score (nSPS) is 25.8. The molecule has 1 N–H and O–H groups in total. The van der Waals surface area contributed by atoms with Crippen LogP contribution in [0.2, 0.25) is 0 Å². The predicted molar refractivity (Wildman–Crippen MR) is 193 cm³/mol. The molecule has 3 aromatic rings. The number of Topliss-reactive ketones (excluding diaryl/α,β-unsaturated/α-hetero) is 2. The molecular formula is C41H49N3O6. The zero-order valence-corrected chi connectivity index (χ0v) is 29.7. The lowest BCUT2D eigenvalue weighted by Gasteiger charge is -2.30. The molecule has 1 aliphatic carbocycles. The molecule has 1 aromatic heterocycles. The number of hydrogen-bond donors (Lipinski definition) is 1. The van der Waals surface area contributed by atoms with E-state index >= 15 is 0 Å². The van der Waals surface area contributed by atoms with E-state index in [4.69, 9.17) is 14.5 Å². The Bertz CT molecular complexity index is 1790. The second-order valence-electron chi connectivity index (χ2n) is 14.7. The third-order valence-electron chi connectivity index (χ3n) is 11.0. The molecule has 50 heavy (non-hydrogen) atoms. The average molecular weight is 680 g/mol. The largest absolute Gasteiger partial charge is 0.496 e. The van der Waals surface area contributed by atoms with Crippen molar-refractivity contribution in [1.29, 1.82) is 0 Å². The lowest BCUT2D eigenvalue weighted by atomic mass is 9.87. The lowest BCUT2D eigenvalue weighted by molar-refractivity contribution is -0.144. The first-order chi connectivity index (χ1) is 24.0. The van der Waals surface area contributed by atoms with E-state index < -0.39 is 23.5 Å². The van der Waals surface area contributed by atoms with Crippen LogP contribution in [0.4, 0.5) is 0 Å². The summed E-state index contributed by atoms with van der Waals surface area (Å²) in [6.45, 7) is 10.0. The number of ketones is 2. The van der Waals surface area contributed by atoms with Crippen molar-refractivity contribution in [3.05, 3.63) is 66.7 Å². The van der Waals surface area contributed by atoms with Crippen molar-refractivity contribution in [2.75, 3.05) is 20.2 Å². The number of allylic oxidation sites excluding steroid dienone is 1. The molecule has 2 amide bonds. The van der Waals surface area contributed by atoms with Gasteiger partial charge in [-0.25, -0.2) is 4.98 Å². The summed E-state index contributed by atoms with van der Waals surface area (Å²) in [7, 11) is 1.66. The van der Waals surface area contributed by atoms with Crippen LogP contribution in [0.1, 0.15) is 71.3 Å². The van der Waals surface area contributed by atoms with Gasteiger partial charge in [-0.15, -0.1) is 6.58 Å². The number of hydrogen-bond acceptors (Lipinski definition) is 7. The molecule has 6 rings (SSSR count). The number of benzene rings is 2. The van der Waals surface area contributed by atoms with Crippen molar-refractivity contribution in [3.63, 3.8) is 0 Å². The van der Waals surface area contributed by atoms with Crippen LogP contribution in [-0.2, 0) is 25.6 Å². The smallest absolute Gasteiger partial charge is 0.227 e. The van der Waals surface area contributed by atoms with E-state index in [2.05, 4.69) is 18.0 Å². The first kappa shape index (κ1) is 35.3. The first-order valence-electron chi connectivity index (χ1n) is 18.0. The van der Waals surface area contributed by atoms with E-state index in [1.165, 1.54) is 6.92 Å². The summed E-state index contributed by atoms with van der Waals surface area (Å²) in [5.74, 6) is 0.00716. The number of aromatic nitrogens is 1. The Morgan fingerprint density at radius 2 is 1.92 bits per heavy atom. The molecular weight excluding hydrogens is 630 g/mol. The van der Waals surface area contributed by atoms with Gasteiger partial charge in [-0.2, -0.15) is 0 Å². The summed E-state index contributed by atoms with van der Waals surface area (Å²) in [6.07, 6.45) is 5.63. The van der Waals surface area contributed by atoms with Gasteiger partial charge < -0.3 is 19.7 Å². The third-order valence-corrected chi connectivity index (χ3v) is 11.0. The molecule has 2 fully saturated rings. The number of fused-ring (bicyclic) bond motifs is 3. The van der Waals surface area contributed by atoms with Crippen LogP contribution in [-0.4, -0.2) is 65.6 Å². The molecule has 4 bridgehead atoms. The zero-order valence-electron chi connectivity index (χ0n) is 29.7. The highest BCUT2D eigenvalue weighted by atomic mass is 16.5. The zero-order chi connectivity index (χ0) is 35.6. The minimum Gasteiger partial charge on any atom is -0.496 e. The van der Waals surface area contributed by atoms with Crippen molar-refractivity contribution < 1.29 is 28.7 Å². The van der Waals surface area contributed by atoms with Crippen molar-refractivity contribution in [2.24, 2.45) is 23.2 Å². The fourth-order valence-corrected chi connectivity index (χ4v) is 7.86. The van der Waals surface area contributed by atoms with E-state index in [0.717, 1.165) is 59.2 Å². The summed E-state index contributed by atoms with van der Waals surface area (Å²) in [6, 6.07) is 15.1. The van der Waals surface area contributed by atoms with Gasteiger partial charge in [-0.05, 0) is 56.1 Å². The minimum atomic E-state index is -0.779. The van der Waals surface area contributed by atoms with Crippen molar-refractivity contribution >= 4 is 34.3 Å². The van der Waals surface area contributed by atoms with E-state index in [1.807, 2.05) is 56.3 Å². The van der Waals surface area contributed by atoms with Gasteiger partial charge in [0.2, 0.25) is 11.8 Å². The van der Waals surface area contributed by atoms with Gasteiger partial charge >= 0.3 is 0 Å². The van der Waals surface area contributed by atoms with Crippen LogP contribution in [0.3, 0.4) is 0 Å². The number of rotatable bonds is 8. The number of pyridine rings is 1. The maximum absolute atomic E-state index is 14.4. The number of carbonyl (C=O) groups excluding carboxylic acids is 4. The maximum atomic E-state index is 14.4. The van der Waals surface area contributed by atoms with Gasteiger partial charge in [0.15, 0.2) is 5.78 Å². The second-order valence-corrected chi connectivity index (χ2v) is 14.7. The van der Waals surface area contributed by atoms with E-state index in [-0.39, 0.29) is 61.0 Å². The standard InChI is InChI=1S/C41H49N3O6/c1-6-29-22-41(29,26(4)45)23-36(46)35-18-30-24-44(35)40(48)31(25(2)3)19-39(47)42-16-12-8-11-15-28-17-32-34(21-37(28)49-5)43-33(20-38(32)50-30)27-13-9-7-10-14-27/h6-7,9-10,13-14,17,20-21,25,29-31,35H,1,8,11-12,15-16,18-19,22-24H2,2-5H3,(H,42,47)/t29-,30-,31+,35+,41+/m1/s1. The molecule has 1 saturated carbocycles. The van der Waals surface area contributed by atoms with Gasteiger partial charge in [-0.3, -0.25) is 19.2 Å². The highest BCUT2D eigenvalue weighted by Crippen LogP contribution is 2.57. The number of methoxy groups -OCH3 is 1. The Hall–Kier alpha value is -4.53. The Kier molecular flexibility index (Phi) is 10.4. The molecule has 3 heterocycles. The highest BCUT2D eigenvalue weighted by molar-refractivity contribution is 5.97. The third kappa shape index (κ3) is 7.18. The van der Waals surface area contributed by atoms with Gasteiger partial charge in [0.25, 0.3) is 0 Å². The van der Waals surface area contributed by atoms with E-state index in [0.29, 0.717) is 18.7 Å². The van der Waals surface area contributed by atoms with Gasteiger partial charge in [0.1, 0.15) is 23.4 Å². The molecule has 5 atom stereocenters. The fraction of sp³-hybridized carbons (Fsp3) is 0.488. The molecule has 2 aliphatic heterocycles. The number of aryl methyl sites for hydroxylation is 1. The Balaban J connectivity index is 1.42. The molecule has 0 spiro atoms. The van der Waals surface area contributed by atoms with E-state index in [9.17, 15) is 19.2 Å². The molecule has 3 aliphatic rings. The van der Waals surface area contributed by atoms with E-state index in [1.54, 1.807) is 18.1 Å². The SMILES string of the molecule is C=C[C@@H]1C[C@]1(CC(=O)[C@@H]1C[C@@H]2CN1C(=O)[C@H](C(C)C)CC(=O)NCCCCCc1cc3c(cc(-c4ccccc4)nc3cc1OC)O2)C(C)=O.